The van der Waals surface area contributed by atoms with Crippen molar-refractivity contribution in [1.82, 2.24) is 9.66 Å². The molecule has 4 nitrogen and oxygen atoms in total. The summed E-state index contributed by atoms with van der Waals surface area (Å²) in [5.41, 5.74) is 3.93. The van der Waals surface area contributed by atoms with Crippen molar-refractivity contribution < 1.29 is 13.2 Å². The van der Waals surface area contributed by atoms with Crippen LogP contribution in [0.25, 0.3) is 11.0 Å². The Balaban J connectivity index is 1.81. The number of H-pyrrole nitrogens is 1. The van der Waals surface area contributed by atoms with Gasteiger partial charge in [0, 0.05) is 5.69 Å². The molecule has 0 spiro atoms. The topological polar surface area (TPSA) is 44.8 Å². The normalized spacial score (nSPS) is 11.5. The molecule has 0 aliphatic carbocycles. The van der Waals surface area contributed by atoms with E-state index in [1.165, 1.54) is 12.1 Å². The summed E-state index contributed by atoms with van der Waals surface area (Å²) in [6, 6.07) is 12.2. The minimum Gasteiger partial charge on any atom is -0.331 e. The van der Waals surface area contributed by atoms with Crippen LogP contribution in [-0.2, 0) is 6.18 Å². The first-order valence-corrected chi connectivity index (χ1v) is 7.61. The molecule has 1 heterocycles. The number of hydrogen-bond acceptors (Lipinski definition) is 2. The largest absolute Gasteiger partial charge is 0.416 e. The Morgan fingerprint density at radius 2 is 1.83 bits per heavy atom. The number of aromatic amines is 1. The number of imidazole rings is 1. The monoisotopic (exact) mass is 368 g/mol. The number of anilines is 1. The van der Waals surface area contributed by atoms with Crippen LogP contribution in [0.4, 0.5) is 18.9 Å². The predicted octanol–water partition coefficient (Wildman–Crippen LogP) is 4.66. The van der Waals surface area contributed by atoms with Gasteiger partial charge in [-0.25, -0.2) is 4.68 Å². The van der Waals surface area contributed by atoms with Gasteiger partial charge in [-0.1, -0.05) is 18.2 Å². The van der Waals surface area contributed by atoms with Gasteiger partial charge in [-0.15, -0.1) is 0 Å². The summed E-state index contributed by atoms with van der Waals surface area (Å²) in [5.74, 6) is 0. The van der Waals surface area contributed by atoms with Gasteiger partial charge in [0.15, 0.2) is 9.88 Å². The second-order valence-corrected chi connectivity index (χ2v) is 5.72. The summed E-state index contributed by atoms with van der Waals surface area (Å²) >= 11 is 10.4. The quantitative estimate of drug-likeness (QED) is 0.576. The minimum atomic E-state index is -4.41. The SMILES string of the molecule is FC(F)(F)c1cccc(NC(=S)Nn2c(=S)[nH]c3ccccc32)c1. The molecule has 3 N–H and O–H groups in total. The van der Waals surface area contributed by atoms with Gasteiger partial charge >= 0.3 is 6.18 Å². The van der Waals surface area contributed by atoms with Gasteiger partial charge < -0.3 is 10.3 Å². The second-order valence-electron chi connectivity index (χ2n) is 4.93. The first-order valence-electron chi connectivity index (χ1n) is 6.79. The molecular weight excluding hydrogens is 357 g/mol. The maximum Gasteiger partial charge on any atom is 0.416 e. The lowest BCUT2D eigenvalue weighted by Crippen LogP contribution is -2.27. The Kier molecular flexibility index (Phi) is 4.29. The molecular formula is C15H11F3N4S2. The van der Waals surface area contributed by atoms with Crippen molar-refractivity contribution in [3.05, 3.63) is 58.9 Å². The van der Waals surface area contributed by atoms with Crippen LogP contribution in [0.3, 0.4) is 0 Å². The van der Waals surface area contributed by atoms with Gasteiger partial charge in [0.05, 0.1) is 16.6 Å². The van der Waals surface area contributed by atoms with Crippen molar-refractivity contribution in [2.75, 3.05) is 10.7 Å². The molecule has 3 rings (SSSR count). The first-order chi connectivity index (χ1) is 11.3. The van der Waals surface area contributed by atoms with Crippen LogP contribution in [0.5, 0.6) is 0 Å². The third kappa shape index (κ3) is 3.41. The molecule has 1 aromatic heterocycles. The van der Waals surface area contributed by atoms with E-state index in [9.17, 15) is 13.2 Å². The highest BCUT2D eigenvalue weighted by atomic mass is 32.1. The van der Waals surface area contributed by atoms with E-state index in [4.69, 9.17) is 24.4 Å². The van der Waals surface area contributed by atoms with Crippen molar-refractivity contribution in [3.8, 4) is 0 Å². The fourth-order valence-electron chi connectivity index (χ4n) is 2.20. The summed E-state index contributed by atoms with van der Waals surface area (Å²) in [6.45, 7) is 0. The highest BCUT2D eigenvalue weighted by Crippen LogP contribution is 2.30. The lowest BCUT2D eigenvalue weighted by atomic mass is 10.2. The molecule has 0 saturated carbocycles. The summed E-state index contributed by atoms with van der Waals surface area (Å²) in [7, 11) is 0. The number of thiocarbonyl (C=S) groups is 1. The van der Waals surface area contributed by atoms with Crippen molar-refractivity contribution in [2.24, 2.45) is 0 Å². The number of rotatable bonds is 2. The number of fused-ring (bicyclic) bond motifs is 1. The molecule has 0 saturated heterocycles. The Labute approximate surface area is 145 Å². The van der Waals surface area contributed by atoms with Gasteiger partial charge in [0.25, 0.3) is 0 Å². The van der Waals surface area contributed by atoms with Gasteiger partial charge in [-0.3, -0.25) is 5.43 Å². The van der Waals surface area contributed by atoms with E-state index in [0.29, 0.717) is 4.77 Å². The number of alkyl halides is 3. The Hall–Kier alpha value is -2.39. The molecule has 24 heavy (non-hydrogen) atoms. The average molecular weight is 368 g/mol. The zero-order chi connectivity index (χ0) is 17.3. The number of hydrogen-bond donors (Lipinski definition) is 3. The smallest absolute Gasteiger partial charge is 0.331 e. The maximum atomic E-state index is 12.7. The summed E-state index contributed by atoms with van der Waals surface area (Å²) in [5, 5.41) is 2.84. The van der Waals surface area contributed by atoms with Crippen LogP contribution in [0.1, 0.15) is 5.56 Å². The van der Waals surface area contributed by atoms with Crippen LogP contribution in [0.2, 0.25) is 0 Å². The molecule has 0 bridgehead atoms. The van der Waals surface area contributed by atoms with E-state index in [1.807, 2.05) is 24.3 Å². The fourth-order valence-corrected chi connectivity index (χ4v) is 2.66. The standard InChI is InChI=1S/C15H11F3N4S2/c16-15(17,18)9-4-3-5-10(8-9)19-13(23)21-22-12-7-2-1-6-11(12)20-14(22)24/h1-8H,(H,20,24)(H2,19,21,23). The second kappa shape index (κ2) is 6.25. The highest BCUT2D eigenvalue weighted by molar-refractivity contribution is 7.80. The Morgan fingerprint density at radius 3 is 2.58 bits per heavy atom. The van der Waals surface area contributed by atoms with E-state index in [-0.39, 0.29) is 10.8 Å². The van der Waals surface area contributed by atoms with Gasteiger partial charge in [-0.05, 0) is 54.8 Å². The predicted molar refractivity (Wildman–Crippen MR) is 94.1 cm³/mol. The molecule has 0 amide bonds. The van der Waals surface area contributed by atoms with Crippen LogP contribution in [-0.4, -0.2) is 14.8 Å². The van der Waals surface area contributed by atoms with E-state index in [0.717, 1.165) is 23.2 Å². The Bertz CT molecular complexity index is 959. The van der Waals surface area contributed by atoms with Gasteiger partial charge in [0.1, 0.15) is 0 Å². The minimum absolute atomic E-state index is 0.121. The van der Waals surface area contributed by atoms with Crippen LogP contribution in [0, 0.1) is 4.77 Å². The summed E-state index contributed by atoms with van der Waals surface area (Å²) < 4.78 is 40.2. The van der Waals surface area contributed by atoms with Crippen molar-refractivity contribution in [1.29, 1.82) is 0 Å². The third-order valence-corrected chi connectivity index (χ3v) is 3.73. The van der Waals surface area contributed by atoms with Crippen molar-refractivity contribution >= 4 is 46.3 Å². The fraction of sp³-hybridized carbons (Fsp3) is 0.0667. The molecule has 0 unspecified atom stereocenters. The number of benzene rings is 2. The molecule has 124 valence electrons. The molecule has 0 aliphatic heterocycles. The molecule has 9 heteroatoms. The summed E-state index contributed by atoms with van der Waals surface area (Å²) in [4.78, 5) is 3.00. The number of halogens is 3. The van der Waals surface area contributed by atoms with Gasteiger partial charge in [-0.2, -0.15) is 13.2 Å². The lowest BCUT2D eigenvalue weighted by Gasteiger charge is -2.13. The van der Waals surface area contributed by atoms with Crippen LogP contribution >= 0.6 is 24.4 Å². The molecule has 0 atom stereocenters. The van der Waals surface area contributed by atoms with Crippen molar-refractivity contribution in [2.45, 2.75) is 6.18 Å². The first kappa shape index (κ1) is 16.5. The Morgan fingerprint density at radius 1 is 1.08 bits per heavy atom. The zero-order valence-corrected chi connectivity index (χ0v) is 13.6. The molecule has 0 fully saturated rings. The third-order valence-electron chi connectivity index (χ3n) is 3.25. The maximum absolute atomic E-state index is 12.7. The van der Waals surface area contributed by atoms with E-state index >= 15 is 0 Å². The molecule has 3 aromatic rings. The number of nitrogens with zero attached hydrogens (tertiary/aromatic N) is 1. The lowest BCUT2D eigenvalue weighted by molar-refractivity contribution is -0.137. The van der Waals surface area contributed by atoms with Crippen LogP contribution in [0.15, 0.2) is 48.5 Å². The van der Waals surface area contributed by atoms with Gasteiger partial charge in [0.2, 0.25) is 0 Å². The molecule has 2 aromatic carbocycles. The molecule has 0 radical (unpaired) electrons. The van der Waals surface area contributed by atoms with E-state index in [2.05, 4.69) is 15.7 Å². The average Bonchev–Trinajstić information content (AvgIpc) is 2.83. The van der Waals surface area contributed by atoms with E-state index in [1.54, 1.807) is 4.68 Å². The number of nitrogens with one attached hydrogen (secondary N) is 3. The molecule has 0 aliphatic rings. The van der Waals surface area contributed by atoms with Crippen LogP contribution < -0.4 is 10.7 Å². The zero-order valence-electron chi connectivity index (χ0n) is 12.0. The summed E-state index contributed by atoms with van der Waals surface area (Å²) in [6.07, 6.45) is -4.41. The number of aromatic nitrogens is 2. The number of para-hydroxylation sites is 2. The van der Waals surface area contributed by atoms with E-state index < -0.39 is 11.7 Å². The highest BCUT2D eigenvalue weighted by Gasteiger charge is 2.30. The van der Waals surface area contributed by atoms with Crippen molar-refractivity contribution in [3.63, 3.8) is 0 Å².